The van der Waals surface area contributed by atoms with Crippen LogP contribution in [0.3, 0.4) is 0 Å². The third-order valence-electron chi connectivity index (χ3n) is 5.28. The minimum atomic E-state index is -0.805. The van der Waals surface area contributed by atoms with E-state index in [9.17, 15) is 9.90 Å². The molecule has 0 amide bonds. The van der Waals surface area contributed by atoms with Gasteiger partial charge in [-0.2, -0.15) is 0 Å². The third-order valence-corrected chi connectivity index (χ3v) is 5.28. The number of hydrogen-bond donors (Lipinski definition) is 2. The van der Waals surface area contributed by atoms with E-state index in [1.807, 2.05) is 38.1 Å². The first-order chi connectivity index (χ1) is 14.5. The second-order valence-corrected chi connectivity index (χ2v) is 7.84. The van der Waals surface area contributed by atoms with Crippen LogP contribution in [0, 0.1) is 12.8 Å². The minimum Gasteiger partial charge on any atom is -0.481 e. The van der Waals surface area contributed by atoms with E-state index in [1.54, 1.807) is 18.6 Å². The summed E-state index contributed by atoms with van der Waals surface area (Å²) in [5, 5.41) is 12.6. The van der Waals surface area contributed by atoms with Gasteiger partial charge in [-0.15, -0.1) is 0 Å². The summed E-state index contributed by atoms with van der Waals surface area (Å²) in [5.74, 6) is -0.110. The number of aromatic nitrogens is 4. The maximum absolute atomic E-state index is 11.4. The number of carboxylic acids is 1. The molecule has 1 aliphatic carbocycles. The highest BCUT2D eigenvalue weighted by Crippen LogP contribution is 2.39. The van der Waals surface area contributed by atoms with Crippen molar-refractivity contribution in [2.45, 2.75) is 45.4 Å². The van der Waals surface area contributed by atoms with E-state index < -0.39 is 11.9 Å². The van der Waals surface area contributed by atoms with Gasteiger partial charge < -0.3 is 10.4 Å². The number of carbonyl (C=O) groups is 1. The van der Waals surface area contributed by atoms with Crippen molar-refractivity contribution in [3.63, 3.8) is 0 Å². The highest BCUT2D eigenvalue weighted by Gasteiger charge is 2.25. The van der Waals surface area contributed by atoms with Crippen LogP contribution < -0.4 is 5.32 Å². The summed E-state index contributed by atoms with van der Waals surface area (Å²) in [6, 6.07) is 8.04. The van der Waals surface area contributed by atoms with Gasteiger partial charge >= 0.3 is 5.97 Å². The lowest BCUT2D eigenvalue weighted by atomic mass is 10.0. The molecular weight excluding hydrogens is 378 g/mol. The standard InChI is InChI=1S/C23H25N5O2/c1-3-15(22(29)30)10-19-12-24-13-21(26-19)17-8-14(2)9-18(11-17)27-23-25-7-6-20(28-23)16-4-5-16/h6-9,11-13,15-16H,3-5,10H2,1-2H3,(H,29,30)(H,25,27,28). The van der Waals surface area contributed by atoms with Crippen LogP contribution in [0.4, 0.5) is 11.6 Å². The predicted octanol–water partition coefficient (Wildman–Crippen LogP) is 4.52. The van der Waals surface area contributed by atoms with E-state index in [0.29, 0.717) is 36.1 Å². The van der Waals surface area contributed by atoms with Crippen molar-refractivity contribution in [3.05, 3.63) is 59.8 Å². The summed E-state index contributed by atoms with van der Waals surface area (Å²) < 4.78 is 0. The Kier molecular flexibility index (Phi) is 5.70. The van der Waals surface area contributed by atoms with Crippen LogP contribution in [0.15, 0.2) is 42.9 Å². The van der Waals surface area contributed by atoms with Crippen LogP contribution in [0.25, 0.3) is 11.3 Å². The van der Waals surface area contributed by atoms with Gasteiger partial charge in [-0.3, -0.25) is 9.78 Å². The van der Waals surface area contributed by atoms with Crippen LogP contribution in [0.1, 0.15) is 49.1 Å². The van der Waals surface area contributed by atoms with Crippen LogP contribution in [-0.4, -0.2) is 31.0 Å². The maximum Gasteiger partial charge on any atom is 0.306 e. The molecule has 1 aliphatic rings. The van der Waals surface area contributed by atoms with Crippen molar-refractivity contribution in [2.24, 2.45) is 5.92 Å². The quantitative estimate of drug-likeness (QED) is 0.570. The highest BCUT2D eigenvalue weighted by atomic mass is 16.4. The molecule has 30 heavy (non-hydrogen) atoms. The van der Waals surface area contributed by atoms with Crippen molar-refractivity contribution in [3.8, 4) is 11.3 Å². The second-order valence-electron chi connectivity index (χ2n) is 7.84. The van der Waals surface area contributed by atoms with Gasteiger partial charge in [0.2, 0.25) is 5.95 Å². The molecule has 2 heterocycles. The van der Waals surface area contributed by atoms with Gasteiger partial charge in [0, 0.05) is 41.7 Å². The Morgan fingerprint density at radius 2 is 2.07 bits per heavy atom. The summed E-state index contributed by atoms with van der Waals surface area (Å²) in [4.78, 5) is 29.3. The van der Waals surface area contributed by atoms with Crippen LogP contribution in [0.2, 0.25) is 0 Å². The number of carboxylic acid groups (broad SMARTS) is 1. The lowest BCUT2D eigenvalue weighted by Gasteiger charge is -2.12. The molecule has 0 bridgehead atoms. The smallest absolute Gasteiger partial charge is 0.306 e. The first kappa shape index (κ1) is 19.9. The van der Waals surface area contributed by atoms with E-state index in [0.717, 1.165) is 22.5 Å². The molecule has 4 rings (SSSR count). The van der Waals surface area contributed by atoms with Gasteiger partial charge in [0.25, 0.3) is 0 Å². The average molecular weight is 403 g/mol. The Hall–Kier alpha value is -3.35. The molecule has 2 aromatic heterocycles. The lowest BCUT2D eigenvalue weighted by Crippen LogP contribution is -2.16. The number of nitrogens with one attached hydrogen (secondary N) is 1. The van der Waals surface area contributed by atoms with Crippen molar-refractivity contribution >= 4 is 17.6 Å². The summed E-state index contributed by atoms with van der Waals surface area (Å²) in [7, 11) is 0. The molecule has 0 spiro atoms. The Morgan fingerprint density at radius 3 is 2.80 bits per heavy atom. The van der Waals surface area contributed by atoms with Crippen molar-refractivity contribution in [2.75, 3.05) is 5.32 Å². The molecule has 1 fully saturated rings. The fourth-order valence-corrected chi connectivity index (χ4v) is 3.47. The first-order valence-electron chi connectivity index (χ1n) is 10.3. The molecule has 1 saturated carbocycles. The number of aryl methyl sites for hydroxylation is 1. The Balaban J connectivity index is 1.58. The molecular formula is C23H25N5O2. The molecule has 1 aromatic carbocycles. The normalized spacial score (nSPS) is 14.3. The molecule has 0 radical (unpaired) electrons. The van der Waals surface area contributed by atoms with Gasteiger partial charge in [0.1, 0.15) is 0 Å². The van der Waals surface area contributed by atoms with Gasteiger partial charge in [0.05, 0.1) is 23.5 Å². The fourth-order valence-electron chi connectivity index (χ4n) is 3.47. The molecule has 1 atom stereocenters. The first-order valence-corrected chi connectivity index (χ1v) is 10.3. The van der Waals surface area contributed by atoms with Crippen LogP contribution in [-0.2, 0) is 11.2 Å². The predicted molar refractivity (Wildman–Crippen MR) is 115 cm³/mol. The van der Waals surface area contributed by atoms with E-state index in [-0.39, 0.29) is 0 Å². The van der Waals surface area contributed by atoms with Crippen molar-refractivity contribution in [1.82, 2.24) is 19.9 Å². The SMILES string of the molecule is CCC(Cc1cncc(-c2cc(C)cc(Nc3nccc(C4CC4)n3)c2)n1)C(=O)O. The zero-order valence-corrected chi connectivity index (χ0v) is 17.2. The van der Waals surface area contributed by atoms with E-state index in [2.05, 4.69) is 25.3 Å². The molecule has 0 aliphatic heterocycles. The van der Waals surface area contributed by atoms with Crippen LogP contribution >= 0.6 is 0 Å². The van der Waals surface area contributed by atoms with Gasteiger partial charge in [-0.25, -0.2) is 15.0 Å². The Bertz CT molecular complexity index is 1060. The summed E-state index contributed by atoms with van der Waals surface area (Å²) in [6.45, 7) is 3.89. The van der Waals surface area contributed by atoms with Crippen LogP contribution in [0.5, 0.6) is 0 Å². The minimum absolute atomic E-state index is 0.366. The molecule has 2 N–H and O–H groups in total. The van der Waals surface area contributed by atoms with E-state index in [4.69, 9.17) is 0 Å². The molecule has 3 aromatic rings. The van der Waals surface area contributed by atoms with Gasteiger partial charge in [-0.05, 0) is 56.0 Å². The number of nitrogens with zero attached hydrogens (tertiary/aromatic N) is 4. The molecule has 7 heteroatoms. The second kappa shape index (κ2) is 8.57. The molecule has 0 saturated heterocycles. The third kappa shape index (κ3) is 4.79. The summed E-state index contributed by atoms with van der Waals surface area (Å²) in [6.07, 6.45) is 8.45. The number of rotatable bonds is 8. The number of anilines is 2. The fraction of sp³-hybridized carbons (Fsp3) is 0.348. The zero-order valence-electron chi connectivity index (χ0n) is 17.2. The molecule has 154 valence electrons. The molecule has 7 nitrogen and oxygen atoms in total. The average Bonchev–Trinajstić information content (AvgIpc) is 3.57. The largest absolute Gasteiger partial charge is 0.481 e. The summed E-state index contributed by atoms with van der Waals surface area (Å²) in [5.41, 5.74) is 5.33. The summed E-state index contributed by atoms with van der Waals surface area (Å²) >= 11 is 0. The van der Waals surface area contributed by atoms with Crippen molar-refractivity contribution in [1.29, 1.82) is 0 Å². The van der Waals surface area contributed by atoms with E-state index >= 15 is 0 Å². The Morgan fingerprint density at radius 1 is 1.23 bits per heavy atom. The Labute approximate surface area is 175 Å². The van der Waals surface area contributed by atoms with Crippen molar-refractivity contribution < 1.29 is 9.90 Å². The van der Waals surface area contributed by atoms with Gasteiger partial charge in [-0.1, -0.05) is 6.92 Å². The maximum atomic E-state index is 11.4. The van der Waals surface area contributed by atoms with Gasteiger partial charge in [0.15, 0.2) is 0 Å². The highest BCUT2D eigenvalue weighted by molar-refractivity contribution is 5.70. The molecule has 1 unspecified atom stereocenters. The monoisotopic (exact) mass is 403 g/mol. The van der Waals surface area contributed by atoms with E-state index in [1.165, 1.54) is 12.8 Å². The number of hydrogen-bond acceptors (Lipinski definition) is 6. The number of benzene rings is 1. The topological polar surface area (TPSA) is 101 Å². The lowest BCUT2D eigenvalue weighted by molar-refractivity contribution is -0.141. The zero-order chi connectivity index (χ0) is 21.1. The number of aliphatic carboxylic acids is 1.